The Kier molecular flexibility index (Phi) is 5.77. The van der Waals surface area contributed by atoms with Gasteiger partial charge in [-0.2, -0.15) is 4.31 Å². The first-order valence-electron chi connectivity index (χ1n) is 10.2. The van der Waals surface area contributed by atoms with Crippen LogP contribution in [0.25, 0.3) is 5.52 Å². The van der Waals surface area contributed by atoms with E-state index >= 15 is 0 Å². The molecular weight excluding hydrogens is 437 g/mol. The molecule has 1 saturated carbocycles. The van der Waals surface area contributed by atoms with E-state index in [4.69, 9.17) is 5.73 Å². The van der Waals surface area contributed by atoms with Crippen LogP contribution in [0.2, 0.25) is 0 Å². The van der Waals surface area contributed by atoms with Crippen molar-refractivity contribution in [1.29, 1.82) is 0 Å². The second-order valence-corrected chi connectivity index (χ2v) is 10.4. The lowest BCUT2D eigenvalue weighted by Crippen LogP contribution is -2.43. The molecule has 2 aromatic rings. The molecule has 9 nitrogen and oxygen atoms in total. The number of anilines is 2. The van der Waals surface area contributed by atoms with E-state index in [1.807, 2.05) is 0 Å². The molecule has 2 aliphatic heterocycles. The molecular formula is C18H25F3N6O3S. The van der Waals surface area contributed by atoms with Crippen molar-refractivity contribution in [3.05, 3.63) is 18.1 Å². The van der Waals surface area contributed by atoms with Gasteiger partial charge < -0.3 is 15.7 Å². The summed E-state index contributed by atoms with van der Waals surface area (Å²) in [5.41, 5.74) is 5.54. The molecule has 4 heterocycles. The average Bonchev–Trinajstić information content (AvgIpc) is 3.44. The summed E-state index contributed by atoms with van der Waals surface area (Å²) >= 11 is 0. The largest absolute Gasteiger partial charge is 0.392 e. The lowest BCUT2D eigenvalue weighted by atomic mass is 10.1. The Morgan fingerprint density at radius 2 is 1.97 bits per heavy atom. The van der Waals surface area contributed by atoms with Gasteiger partial charge in [0.1, 0.15) is 11.3 Å². The Bertz CT molecular complexity index is 1060. The van der Waals surface area contributed by atoms with Crippen molar-refractivity contribution < 1.29 is 26.7 Å². The molecule has 5 rings (SSSR count). The first-order chi connectivity index (χ1) is 14.6. The molecule has 0 aromatic carbocycles. The minimum Gasteiger partial charge on any atom is -0.392 e. The third kappa shape index (κ3) is 4.72. The van der Waals surface area contributed by atoms with E-state index in [1.54, 1.807) is 0 Å². The van der Waals surface area contributed by atoms with Gasteiger partial charge in [0.25, 0.3) is 5.92 Å². The number of nitrogen functional groups attached to an aromatic ring is 1. The molecule has 1 unspecified atom stereocenters. The van der Waals surface area contributed by atoms with E-state index in [-0.39, 0.29) is 35.5 Å². The number of aromatic nitrogens is 3. The third-order valence-electron chi connectivity index (χ3n) is 5.63. The molecule has 172 valence electrons. The number of nitrogens with two attached hydrogens (primary N) is 1. The van der Waals surface area contributed by atoms with Crippen LogP contribution in [-0.4, -0.2) is 75.9 Å². The van der Waals surface area contributed by atoms with Crippen molar-refractivity contribution in [3.63, 3.8) is 0 Å². The second-order valence-electron chi connectivity index (χ2n) is 8.19. The highest BCUT2D eigenvalue weighted by molar-refractivity contribution is 7.90. The van der Waals surface area contributed by atoms with Crippen molar-refractivity contribution in [3.8, 4) is 0 Å². The number of hydrogen-bond acceptors (Lipinski definition) is 7. The Morgan fingerprint density at radius 1 is 1.23 bits per heavy atom. The van der Waals surface area contributed by atoms with Crippen molar-refractivity contribution in [2.45, 2.75) is 49.4 Å². The summed E-state index contributed by atoms with van der Waals surface area (Å²) in [4.78, 5) is 5.07. The highest BCUT2D eigenvalue weighted by Crippen LogP contribution is 2.33. The third-order valence-corrected chi connectivity index (χ3v) is 7.99. The van der Waals surface area contributed by atoms with Crippen molar-refractivity contribution in [2.75, 3.05) is 36.8 Å². The number of rotatable bonds is 3. The van der Waals surface area contributed by atoms with Gasteiger partial charge in [0.2, 0.25) is 16.0 Å². The predicted molar refractivity (Wildman–Crippen MR) is 108 cm³/mol. The molecule has 1 atom stereocenters. The predicted octanol–water partition coefficient (Wildman–Crippen LogP) is 1.23. The first kappa shape index (κ1) is 22.1. The van der Waals surface area contributed by atoms with Crippen molar-refractivity contribution in [1.82, 2.24) is 18.9 Å². The van der Waals surface area contributed by atoms with E-state index in [0.717, 1.165) is 25.7 Å². The zero-order valence-electron chi connectivity index (χ0n) is 16.8. The molecule has 2 aromatic heterocycles. The molecule has 1 aliphatic carbocycles. The minimum atomic E-state index is -3.05. The smallest absolute Gasteiger partial charge is 0.266 e. The van der Waals surface area contributed by atoms with Crippen LogP contribution in [0.15, 0.2) is 12.3 Å². The van der Waals surface area contributed by atoms with Gasteiger partial charge in [0, 0.05) is 32.1 Å². The Morgan fingerprint density at radius 3 is 2.58 bits per heavy atom. The number of nitrogens with zero attached hydrogens (tertiary/aromatic N) is 5. The number of hydrogen-bond donors (Lipinski definition) is 2. The van der Waals surface area contributed by atoms with Crippen LogP contribution in [0.3, 0.4) is 0 Å². The van der Waals surface area contributed by atoms with Crippen LogP contribution < -0.4 is 10.6 Å². The van der Waals surface area contributed by atoms with Gasteiger partial charge in [-0.3, -0.25) is 0 Å². The number of alkyl halides is 2. The van der Waals surface area contributed by atoms with Crippen LogP contribution in [0.4, 0.5) is 24.9 Å². The maximum Gasteiger partial charge on any atom is 0.266 e. The Labute approximate surface area is 177 Å². The highest BCUT2D eigenvalue weighted by Gasteiger charge is 2.41. The fourth-order valence-corrected chi connectivity index (χ4v) is 5.75. The topological polar surface area (TPSA) is 117 Å². The van der Waals surface area contributed by atoms with E-state index in [1.165, 1.54) is 26.0 Å². The van der Waals surface area contributed by atoms with Crippen LogP contribution >= 0.6 is 0 Å². The minimum absolute atomic E-state index is 0.0368. The SMILES string of the molecule is Nc1ncc2c(F)cc(N3CCC(F)(F)C3)n2n1.O=S(=O)(C1CC1)N1CCCC(O)C1. The summed E-state index contributed by atoms with van der Waals surface area (Å²) in [6.45, 7) is 0.611. The average molecular weight is 462 g/mol. The van der Waals surface area contributed by atoms with Gasteiger partial charge in [-0.15, -0.1) is 5.10 Å². The fourth-order valence-electron chi connectivity index (χ4n) is 3.84. The van der Waals surface area contributed by atoms with E-state index in [0.29, 0.717) is 13.1 Å². The highest BCUT2D eigenvalue weighted by atomic mass is 32.2. The summed E-state index contributed by atoms with van der Waals surface area (Å²) in [6.07, 6.45) is 3.65. The molecule has 2 saturated heterocycles. The van der Waals surface area contributed by atoms with Gasteiger partial charge in [-0.25, -0.2) is 31.1 Å². The number of fused-ring (bicyclic) bond motifs is 1. The van der Waals surface area contributed by atoms with Crippen LogP contribution in [0.1, 0.15) is 32.1 Å². The molecule has 3 N–H and O–H groups in total. The van der Waals surface area contributed by atoms with Gasteiger partial charge in [0.15, 0.2) is 5.82 Å². The first-order valence-corrected chi connectivity index (χ1v) is 11.7. The number of aliphatic hydroxyl groups is 1. The standard InChI is InChI=1S/C10H10F3N5.C8H15NO3S/c11-6-3-8(17-2-1-10(12,13)5-17)18-7(6)4-15-9(14)16-18;10-7-2-1-5-9(6-7)13(11,12)8-3-4-8/h3-4H,1-2,5H2,(H2,14,16);7-8,10H,1-6H2. The van der Waals surface area contributed by atoms with E-state index in [9.17, 15) is 26.7 Å². The summed E-state index contributed by atoms with van der Waals surface area (Å²) in [5.74, 6) is -3.07. The quantitative estimate of drug-likeness (QED) is 0.705. The molecule has 0 radical (unpaired) electrons. The van der Waals surface area contributed by atoms with E-state index in [2.05, 4.69) is 10.1 Å². The molecule has 0 amide bonds. The molecule has 13 heteroatoms. The summed E-state index contributed by atoms with van der Waals surface area (Å²) < 4.78 is 66.0. The monoisotopic (exact) mass is 462 g/mol. The normalized spacial score (nSPS) is 24.3. The molecule has 3 fully saturated rings. The van der Waals surface area contributed by atoms with E-state index < -0.39 is 34.4 Å². The van der Waals surface area contributed by atoms with Gasteiger partial charge in [0.05, 0.1) is 24.1 Å². The summed E-state index contributed by atoms with van der Waals surface area (Å²) in [5, 5.41) is 13.0. The maximum atomic E-state index is 13.6. The van der Waals surface area contributed by atoms with Crippen LogP contribution in [0, 0.1) is 5.82 Å². The molecule has 0 bridgehead atoms. The number of piperidine rings is 1. The van der Waals surface area contributed by atoms with Gasteiger partial charge in [-0.05, 0) is 25.7 Å². The van der Waals surface area contributed by atoms with Crippen molar-refractivity contribution in [2.24, 2.45) is 0 Å². The fraction of sp³-hybridized carbons (Fsp3) is 0.667. The van der Waals surface area contributed by atoms with Gasteiger partial charge >= 0.3 is 0 Å². The number of aliphatic hydroxyl groups excluding tert-OH is 1. The Hall–Kier alpha value is -2.12. The zero-order chi connectivity index (χ0) is 22.4. The lowest BCUT2D eigenvalue weighted by molar-refractivity contribution is 0.0256. The molecule has 3 aliphatic rings. The second kappa shape index (κ2) is 8.10. The maximum absolute atomic E-state index is 13.6. The van der Waals surface area contributed by atoms with Crippen LogP contribution in [0.5, 0.6) is 0 Å². The zero-order valence-corrected chi connectivity index (χ0v) is 17.6. The molecule has 0 spiro atoms. The Balaban J connectivity index is 0.000000158. The summed E-state index contributed by atoms with van der Waals surface area (Å²) in [7, 11) is -3.05. The van der Waals surface area contributed by atoms with Crippen LogP contribution in [-0.2, 0) is 10.0 Å². The lowest BCUT2D eigenvalue weighted by Gasteiger charge is -2.29. The van der Waals surface area contributed by atoms with Gasteiger partial charge in [-0.1, -0.05) is 0 Å². The number of β-amino-alcohol motifs (C(OH)–C–C–N with tert-alkyl or cyclic N) is 1. The summed E-state index contributed by atoms with van der Waals surface area (Å²) in [6, 6.07) is 1.17. The number of sulfonamides is 1. The van der Waals surface area contributed by atoms with Crippen molar-refractivity contribution >= 4 is 27.3 Å². The molecule has 31 heavy (non-hydrogen) atoms. The number of halogens is 3.